The van der Waals surface area contributed by atoms with Crippen LogP contribution in [0.15, 0.2) is 18.2 Å². The van der Waals surface area contributed by atoms with Gasteiger partial charge in [-0.3, -0.25) is 4.79 Å². The second-order valence-corrected chi connectivity index (χ2v) is 2.60. The van der Waals surface area contributed by atoms with Gasteiger partial charge in [-0.1, -0.05) is 6.07 Å². The molecule has 0 saturated carbocycles. The average molecular weight is 181 g/mol. The highest BCUT2D eigenvalue weighted by molar-refractivity contribution is 5.70. The summed E-state index contributed by atoms with van der Waals surface area (Å²) in [6.07, 6.45) is 0. The summed E-state index contributed by atoms with van der Waals surface area (Å²) in [5, 5.41) is 9.34. The first-order chi connectivity index (χ1) is 6.13. The van der Waals surface area contributed by atoms with Crippen LogP contribution in [0.3, 0.4) is 0 Å². The number of esters is 1. The van der Waals surface area contributed by atoms with Gasteiger partial charge in [-0.15, -0.1) is 0 Å². The molecule has 0 amide bonds. The standard InChI is InChI=1S/C9H11NO3/c1-6(11)13-9-3-2-7(5-10)4-8(9)12/h2-4,12H,5,10H2,1H3. The lowest BCUT2D eigenvalue weighted by Gasteiger charge is -2.04. The number of hydrogen-bond donors (Lipinski definition) is 2. The lowest BCUT2D eigenvalue weighted by molar-refractivity contribution is -0.132. The van der Waals surface area contributed by atoms with Crippen LogP contribution in [0.25, 0.3) is 0 Å². The number of ether oxygens (including phenoxy) is 1. The Balaban J connectivity index is 2.91. The zero-order valence-corrected chi connectivity index (χ0v) is 7.28. The molecule has 0 aliphatic carbocycles. The Morgan fingerprint density at radius 1 is 1.62 bits per heavy atom. The van der Waals surface area contributed by atoms with Gasteiger partial charge in [0.25, 0.3) is 0 Å². The molecule has 0 aliphatic heterocycles. The van der Waals surface area contributed by atoms with Gasteiger partial charge in [-0.05, 0) is 17.7 Å². The Bertz CT molecular complexity index is 323. The number of phenolic OH excluding ortho intramolecular Hbond substituents is 1. The maximum Gasteiger partial charge on any atom is 0.308 e. The number of phenols is 1. The molecule has 0 radical (unpaired) electrons. The maximum absolute atomic E-state index is 10.6. The maximum atomic E-state index is 10.6. The van der Waals surface area contributed by atoms with Crippen molar-refractivity contribution in [3.8, 4) is 11.5 Å². The third-order valence-corrected chi connectivity index (χ3v) is 1.51. The van der Waals surface area contributed by atoms with Gasteiger partial charge in [0.05, 0.1) is 0 Å². The van der Waals surface area contributed by atoms with Gasteiger partial charge in [0.2, 0.25) is 0 Å². The van der Waals surface area contributed by atoms with Crippen molar-refractivity contribution in [1.82, 2.24) is 0 Å². The van der Waals surface area contributed by atoms with E-state index in [1.807, 2.05) is 0 Å². The summed E-state index contributed by atoms with van der Waals surface area (Å²) in [6, 6.07) is 4.68. The van der Waals surface area contributed by atoms with E-state index in [-0.39, 0.29) is 11.5 Å². The van der Waals surface area contributed by atoms with Gasteiger partial charge < -0.3 is 15.6 Å². The molecule has 0 aliphatic rings. The fourth-order valence-electron chi connectivity index (χ4n) is 0.931. The SMILES string of the molecule is CC(=O)Oc1ccc(CN)cc1O. The molecule has 4 nitrogen and oxygen atoms in total. The largest absolute Gasteiger partial charge is 0.504 e. The quantitative estimate of drug-likeness (QED) is 0.522. The van der Waals surface area contributed by atoms with Crippen molar-refractivity contribution in [3.63, 3.8) is 0 Å². The average Bonchev–Trinajstić information content (AvgIpc) is 2.08. The van der Waals surface area contributed by atoms with Crippen molar-refractivity contribution in [2.45, 2.75) is 13.5 Å². The van der Waals surface area contributed by atoms with Crippen LogP contribution in [-0.2, 0) is 11.3 Å². The van der Waals surface area contributed by atoms with Gasteiger partial charge in [-0.2, -0.15) is 0 Å². The van der Waals surface area contributed by atoms with Gasteiger partial charge in [0, 0.05) is 13.5 Å². The highest BCUT2D eigenvalue weighted by Crippen LogP contribution is 2.26. The van der Waals surface area contributed by atoms with E-state index in [1.165, 1.54) is 19.1 Å². The van der Waals surface area contributed by atoms with E-state index in [0.29, 0.717) is 6.54 Å². The van der Waals surface area contributed by atoms with E-state index < -0.39 is 5.97 Å². The molecule has 0 aromatic heterocycles. The van der Waals surface area contributed by atoms with E-state index in [2.05, 4.69) is 0 Å². The minimum atomic E-state index is -0.462. The summed E-state index contributed by atoms with van der Waals surface area (Å²) in [5.74, 6) is -0.376. The molecule has 1 aromatic carbocycles. The third-order valence-electron chi connectivity index (χ3n) is 1.51. The topological polar surface area (TPSA) is 72.5 Å². The predicted octanol–water partition coefficient (Wildman–Crippen LogP) is 0.776. The Morgan fingerprint density at radius 2 is 2.31 bits per heavy atom. The van der Waals surface area contributed by atoms with Gasteiger partial charge in [0.15, 0.2) is 11.5 Å². The Labute approximate surface area is 75.9 Å². The van der Waals surface area contributed by atoms with Crippen LogP contribution in [0.5, 0.6) is 11.5 Å². The number of rotatable bonds is 2. The van der Waals surface area contributed by atoms with Crippen LogP contribution in [0.2, 0.25) is 0 Å². The minimum absolute atomic E-state index is 0.0712. The lowest BCUT2D eigenvalue weighted by Crippen LogP contribution is -2.02. The molecule has 70 valence electrons. The Hall–Kier alpha value is -1.55. The second kappa shape index (κ2) is 3.91. The van der Waals surface area contributed by atoms with Gasteiger partial charge >= 0.3 is 5.97 Å². The number of benzene rings is 1. The van der Waals surface area contributed by atoms with Crippen molar-refractivity contribution in [3.05, 3.63) is 23.8 Å². The zero-order valence-electron chi connectivity index (χ0n) is 7.28. The molecule has 0 saturated heterocycles. The first-order valence-electron chi connectivity index (χ1n) is 3.84. The van der Waals surface area contributed by atoms with Crippen molar-refractivity contribution >= 4 is 5.97 Å². The highest BCUT2D eigenvalue weighted by atomic mass is 16.5. The van der Waals surface area contributed by atoms with Crippen molar-refractivity contribution in [2.75, 3.05) is 0 Å². The molecule has 0 atom stereocenters. The fourth-order valence-corrected chi connectivity index (χ4v) is 0.931. The summed E-state index contributed by atoms with van der Waals surface area (Å²) in [7, 11) is 0. The van der Waals surface area contributed by atoms with Crippen LogP contribution in [0.1, 0.15) is 12.5 Å². The number of carbonyl (C=O) groups excluding carboxylic acids is 1. The number of aromatic hydroxyl groups is 1. The van der Waals surface area contributed by atoms with Crippen molar-refractivity contribution < 1.29 is 14.6 Å². The fraction of sp³-hybridized carbons (Fsp3) is 0.222. The highest BCUT2D eigenvalue weighted by Gasteiger charge is 2.04. The normalized spacial score (nSPS) is 9.69. The van der Waals surface area contributed by atoms with E-state index in [1.54, 1.807) is 6.07 Å². The molecule has 13 heavy (non-hydrogen) atoms. The Morgan fingerprint density at radius 3 is 2.77 bits per heavy atom. The molecule has 0 heterocycles. The van der Waals surface area contributed by atoms with Crippen molar-refractivity contribution in [2.24, 2.45) is 5.73 Å². The first kappa shape index (κ1) is 9.54. The van der Waals surface area contributed by atoms with Crippen molar-refractivity contribution in [1.29, 1.82) is 0 Å². The molecular weight excluding hydrogens is 170 g/mol. The summed E-state index contributed by atoms with van der Waals surface area (Å²) < 4.78 is 4.71. The lowest BCUT2D eigenvalue weighted by atomic mass is 10.2. The van der Waals surface area contributed by atoms with Crippen LogP contribution >= 0.6 is 0 Å². The molecule has 0 bridgehead atoms. The van der Waals surface area contributed by atoms with E-state index in [9.17, 15) is 9.90 Å². The molecule has 3 N–H and O–H groups in total. The molecule has 0 unspecified atom stereocenters. The number of hydrogen-bond acceptors (Lipinski definition) is 4. The summed E-state index contributed by atoms with van der Waals surface area (Å²) in [6.45, 7) is 1.62. The van der Waals surface area contributed by atoms with Crippen LogP contribution < -0.4 is 10.5 Å². The van der Waals surface area contributed by atoms with Gasteiger partial charge in [-0.25, -0.2) is 0 Å². The van der Waals surface area contributed by atoms with Gasteiger partial charge in [0.1, 0.15) is 0 Å². The van der Waals surface area contributed by atoms with E-state index in [0.717, 1.165) is 5.56 Å². The predicted molar refractivity (Wildman–Crippen MR) is 47.3 cm³/mol. The second-order valence-electron chi connectivity index (χ2n) is 2.60. The van der Waals surface area contributed by atoms with Crippen LogP contribution in [0, 0.1) is 0 Å². The molecule has 1 rings (SSSR count). The van der Waals surface area contributed by atoms with E-state index in [4.69, 9.17) is 10.5 Å². The summed E-state index contributed by atoms with van der Waals surface area (Å²) in [5.41, 5.74) is 6.14. The molecular formula is C9H11NO3. The molecule has 0 spiro atoms. The summed E-state index contributed by atoms with van der Waals surface area (Å²) in [4.78, 5) is 10.6. The number of carbonyl (C=O) groups is 1. The Kier molecular flexibility index (Phi) is 2.87. The molecule has 0 fully saturated rings. The first-order valence-corrected chi connectivity index (χ1v) is 3.84. The van der Waals surface area contributed by atoms with E-state index >= 15 is 0 Å². The zero-order chi connectivity index (χ0) is 9.84. The number of nitrogens with two attached hydrogens (primary N) is 1. The monoisotopic (exact) mass is 181 g/mol. The summed E-state index contributed by atoms with van der Waals surface area (Å²) >= 11 is 0. The molecule has 4 heteroatoms. The minimum Gasteiger partial charge on any atom is -0.504 e. The smallest absolute Gasteiger partial charge is 0.308 e. The molecule has 1 aromatic rings. The van der Waals surface area contributed by atoms with Crippen LogP contribution in [-0.4, -0.2) is 11.1 Å². The third kappa shape index (κ3) is 2.45. The van der Waals surface area contributed by atoms with Crippen LogP contribution in [0.4, 0.5) is 0 Å².